The summed E-state index contributed by atoms with van der Waals surface area (Å²) in [6, 6.07) is 18.6. The molecule has 0 radical (unpaired) electrons. The van der Waals surface area contributed by atoms with E-state index < -0.39 is 22.0 Å². The van der Waals surface area contributed by atoms with E-state index in [0.29, 0.717) is 10.7 Å². The highest BCUT2D eigenvalue weighted by molar-refractivity contribution is 7.92. The number of anilines is 1. The molecule has 0 fully saturated rings. The molecule has 1 atom stereocenters. The van der Waals surface area contributed by atoms with Crippen molar-refractivity contribution in [3.63, 3.8) is 0 Å². The van der Waals surface area contributed by atoms with Gasteiger partial charge in [0.05, 0.1) is 23.7 Å². The lowest BCUT2D eigenvalue weighted by atomic mass is 10.1. The Morgan fingerprint density at radius 1 is 1.09 bits per heavy atom. The molecule has 1 aliphatic rings. The molecular formula is C25H25ClN2O5S. The maximum Gasteiger partial charge on any atom is 0.264 e. The molecule has 1 heterocycles. The number of fused-ring (bicyclic) bond motifs is 1. The minimum atomic E-state index is -3.94. The van der Waals surface area contributed by atoms with Crippen LogP contribution in [0.15, 0.2) is 71.6 Å². The van der Waals surface area contributed by atoms with Gasteiger partial charge in [-0.2, -0.15) is 0 Å². The van der Waals surface area contributed by atoms with Gasteiger partial charge in [0.25, 0.3) is 15.9 Å². The fourth-order valence-corrected chi connectivity index (χ4v) is 5.44. The van der Waals surface area contributed by atoms with Crippen LogP contribution in [0.3, 0.4) is 0 Å². The number of benzene rings is 3. The van der Waals surface area contributed by atoms with Crippen LogP contribution in [0.25, 0.3) is 0 Å². The Hall–Kier alpha value is -3.23. The summed E-state index contributed by atoms with van der Waals surface area (Å²) in [5, 5.41) is 3.13. The molecule has 4 rings (SSSR count). The molecule has 1 unspecified atom stereocenters. The second-order valence-electron chi connectivity index (χ2n) is 8.03. The van der Waals surface area contributed by atoms with E-state index in [-0.39, 0.29) is 30.3 Å². The number of hydrogen-bond acceptors (Lipinski definition) is 5. The zero-order valence-corrected chi connectivity index (χ0v) is 20.4. The molecule has 178 valence electrons. The predicted molar refractivity (Wildman–Crippen MR) is 131 cm³/mol. The van der Waals surface area contributed by atoms with Crippen molar-refractivity contribution in [1.82, 2.24) is 5.32 Å². The average molecular weight is 501 g/mol. The first kappa shape index (κ1) is 23.9. The topological polar surface area (TPSA) is 84.9 Å². The molecule has 3 aromatic carbocycles. The number of aryl methyl sites for hydroxylation is 2. The predicted octanol–water partition coefficient (Wildman–Crippen LogP) is 4.11. The van der Waals surface area contributed by atoms with E-state index in [2.05, 4.69) is 11.4 Å². The third-order valence-electron chi connectivity index (χ3n) is 5.28. The van der Waals surface area contributed by atoms with Crippen molar-refractivity contribution in [1.29, 1.82) is 0 Å². The maximum absolute atomic E-state index is 13.4. The molecule has 7 nitrogen and oxygen atoms in total. The first-order valence-corrected chi connectivity index (χ1v) is 12.6. The number of halogens is 1. The van der Waals surface area contributed by atoms with Crippen LogP contribution in [0.2, 0.25) is 5.02 Å². The molecule has 1 amide bonds. The van der Waals surface area contributed by atoms with Crippen molar-refractivity contribution in [3.8, 4) is 11.5 Å². The monoisotopic (exact) mass is 500 g/mol. The molecule has 0 spiro atoms. The number of nitrogens with zero attached hydrogens (tertiary/aromatic N) is 1. The molecule has 0 saturated heterocycles. The van der Waals surface area contributed by atoms with Crippen LogP contribution < -0.4 is 19.1 Å². The number of hydrogen-bond donors (Lipinski definition) is 1. The fraction of sp³-hybridized carbons (Fsp3) is 0.240. The lowest BCUT2D eigenvalue weighted by Gasteiger charge is -2.34. The Morgan fingerprint density at radius 2 is 1.79 bits per heavy atom. The van der Waals surface area contributed by atoms with Gasteiger partial charge in [-0.25, -0.2) is 8.42 Å². The highest BCUT2D eigenvalue weighted by Crippen LogP contribution is 2.38. The molecule has 0 aliphatic carbocycles. The molecule has 0 saturated carbocycles. The van der Waals surface area contributed by atoms with Crippen LogP contribution in [0, 0.1) is 13.8 Å². The van der Waals surface area contributed by atoms with Crippen LogP contribution in [0.1, 0.15) is 11.1 Å². The summed E-state index contributed by atoms with van der Waals surface area (Å²) in [6.07, 6.45) is -1.03. The van der Waals surface area contributed by atoms with E-state index in [4.69, 9.17) is 21.1 Å². The molecule has 9 heteroatoms. The molecule has 1 N–H and O–H groups in total. The second-order valence-corrected chi connectivity index (χ2v) is 10.3. The second kappa shape index (κ2) is 9.95. The first-order valence-electron chi connectivity index (χ1n) is 10.8. The highest BCUT2D eigenvalue weighted by atomic mass is 35.5. The molecule has 0 aromatic heterocycles. The smallest absolute Gasteiger partial charge is 0.264 e. The van der Waals surface area contributed by atoms with E-state index in [1.165, 1.54) is 22.5 Å². The van der Waals surface area contributed by atoms with Crippen molar-refractivity contribution in [3.05, 3.63) is 82.9 Å². The number of rotatable bonds is 7. The molecule has 1 aliphatic heterocycles. The van der Waals surface area contributed by atoms with E-state index in [1.54, 1.807) is 30.3 Å². The van der Waals surface area contributed by atoms with Gasteiger partial charge in [0, 0.05) is 5.02 Å². The SMILES string of the molecule is Cc1cc(C)cc(OCCNC(=O)C2CN(S(=O)(=O)c3ccccc3)c3cc(Cl)ccc3O2)c1. The lowest BCUT2D eigenvalue weighted by molar-refractivity contribution is -0.127. The molecule has 0 bridgehead atoms. The largest absolute Gasteiger partial charge is 0.492 e. The third-order valence-corrected chi connectivity index (χ3v) is 7.31. The van der Waals surface area contributed by atoms with Crippen LogP contribution in [-0.2, 0) is 14.8 Å². The van der Waals surface area contributed by atoms with Gasteiger partial charge >= 0.3 is 0 Å². The van der Waals surface area contributed by atoms with Gasteiger partial charge in [-0.15, -0.1) is 0 Å². The van der Waals surface area contributed by atoms with Crippen LogP contribution in [0.4, 0.5) is 5.69 Å². The summed E-state index contributed by atoms with van der Waals surface area (Å²) in [6.45, 7) is 4.29. The number of carbonyl (C=O) groups excluding carboxylic acids is 1. The number of nitrogens with one attached hydrogen (secondary N) is 1. The van der Waals surface area contributed by atoms with Crippen molar-refractivity contribution in [2.45, 2.75) is 24.8 Å². The highest BCUT2D eigenvalue weighted by Gasteiger charge is 2.37. The summed E-state index contributed by atoms with van der Waals surface area (Å²) in [5.74, 6) is 0.561. The normalized spacial score (nSPS) is 15.3. The minimum Gasteiger partial charge on any atom is -0.492 e. The van der Waals surface area contributed by atoms with Gasteiger partial charge in [-0.05, 0) is 67.4 Å². The fourth-order valence-electron chi connectivity index (χ4n) is 3.78. The first-order chi connectivity index (χ1) is 16.2. The van der Waals surface area contributed by atoms with E-state index in [0.717, 1.165) is 16.9 Å². The van der Waals surface area contributed by atoms with Crippen molar-refractivity contribution in [2.24, 2.45) is 0 Å². The Bertz CT molecular complexity index is 1280. The Balaban J connectivity index is 1.47. The summed E-state index contributed by atoms with van der Waals surface area (Å²) in [7, 11) is -3.94. The summed E-state index contributed by atoms with van der Waals surface area (Å²) in [5.41, 5.74) is 2.47. The van der Waals surface area contributed by atoms with Crippen molar-refractivity contribution < 1.29 is 22.7 Å². The summed E-state index contributed by atoms with van der Waals surface area (Å²) in [4.78, 5) is 13.0. The quantitative estimate of drug-likeness (QED) is 0.493. The van der Waals surface area contributed by atoms with Gasteiger partial charge in [-0.1, -0.05) is 35.9 Å². The van der Waals surface area contributed by atoms with Gasteiger partial charge in [0.1, 0.15) is 18.1 Å². The van der Waals surface area contributed by atoms with Crippen molar-refractivity contribution >= 4 is 33.2 Å². The van der Waals surface area contributed by atoms with Crippen LogP contribution in [0.5, 0.6) is 11.5 Å². The van der Waals surface area contributed by atoms with E-state index in [9.17, 15) is 13.2 Å². The Morgan fingerprint density at radius 3 is 2.50 bits per heavy atom. The van der Waals surface area contributed by atoms with Crippen LogP contribution in [-0.4, -0.2) is 40.1 Å². The van der Waals surface area contributed by atoms with Gasteiger partial charge in [-0.3, -0.25) is 9.10 Å². The Kier molecular flexibility index (Phi) is 7.00. The molecular weight excluding hydrogens is 476 g/mol. The van der Waals surface area contributed by atoms with Crippen molar-refractivity contribution in [2.75, 3.05) is 24.0 Å². The van der Waals surface area contributed by atoms with Gasteiger partial charge in [0.15, 0.2) is 6.10 Å². The molecule has 3 aromatic rings. The lowest BCUT2D eigenvalue weighted by Crippen LogP contribution is -2.51. The summed E-state index contributed by atoms with van der Waals surface area (Å²) >= 11 is 6.12. The third kappa shape index (κ3) is 5.29. The van der Waals surface area contributed by atoms with E-state index >= 15 is 0 Å². The van der Waals surface area contributed by atoms with Crippen LogP contribution >= 0.6 is 11.6 Å². The standard InChI is InChI=1S/C25H25ClN2O5S/c1-17-12-18(2)14-20(13-17)32-11-10-27-25(29)24-16-28(22-15-19(26)8-9-23(22)33-24)34(30,31)21-6-4-3-5-7-21/h3-9,12-15,24H,10-11,16H2,1-2H3,(H,27,29). The maximum atomic E-state index is 13.4. The number of sulfonamides is 1. The zero-order valence-electron chi connectivity index (χ0n) is 18.8. The average Bonchev–Trinajstić information content (AvgIpc) is 2.81. The van der Waals surface area contributed by atoms with E-state index in [1.807, 2.05) is 26.0 Å². The summed E-state index contributed by atoms with van der Waals surface area (Å²) < 4.78 is 39.5. The number of amides is 1. The zero-order chi connectivity index (χ0) is 24.3. The number of ether oxygens (including phenoxy) is 2. The van der Waals surface area contributed by atoms with Gasteiger partial charge in [0.2, 0.25) is 0 Å². The minimum absolute atomic E-state index is 0.115. The molecule has 34 heavy (non-hydrogen) atoms. The number of carbonyl (C=O) groups is 1. The van der Waals surface area contributed by atoms with Gasteiger partial charge < -0.3 is 14.8 Å². The Labute approximate surface area is 204 Å².